The molecule has 1 unspecified atom stereocenters. The van der Waals surface area contributed by atoms with Crippen LogP contribution in [0.5, 0.6) is 0 Å². The standard InChI is InChI=1S/C38H48N4O10/c1-9-10-12-29(43)22-49-33(44)41-31-20-28(17-15-24(31)2)40-36(47)52-38(7,8)26(4)21-37(5,6)51-35(46)39-27-16-14-25(3)32(19-27)42-34(45)50-23-30-13-11-18-48-30/h10-20,26H,9,21-23H2,1-8H3,(H,39,46)(H,40,47)(H,41,44)(H,42,45)/b12-10-. The van der Waals surface area contributed by atoms with Crippen LogP contribution in [0.1, 0.15) is 71.3 Å². The van der Waals surface area contributed by atoms with E-state index in [1.807, 2.05) is 13.8 Å². The zero-order chi connectivity index (χ0) is 38.5. The summed E-state index contributed by atoms with van der Waals surface area (Å²) in [5.41, 5.74) is 1.07. The Morgan fingerprint density at radius 2 is 1.33 bits per heavy atom. The van der Waals surface area contributed by atoms with Crippen LogP contribution >= 0.6 is 0 Å². The molecule has 0 saturated carbocycles. The quantitative estimate of drug-likeness (QED) is 0.0872. The first-order valence-electron chi connectivity index (χ1n) is 16.8. The first-order valence-corrected chi connectivity index (χ1v) is 16.8. The Hall–Kier alpha value is -5.79. The van der Waals surface area contributed by atoms with Gasteiger partial charge in [-0.1, -0.05) is 32.1 Å². The molecule has 0 aliphatic carbocycles. The maximum absolute atomic E-state index is 12.9. The van der Waals surface area contributed by atoms with Gasteiger partial charge < -0.3 is 23.4 Å². The molecule has 4 N–H and O–H groups in total. The molecule has 0 saturated heterocycles. The largest absolute Gasteiger partial charge is 0.466 e. The van der Waals surface area contributed by atoms with Gasteiger partial charge in [-0.15, -0.1) is 0 Å². The lowest BCUT2D eigenvalue weighted by atomic mass is 9.83. The van der Waals surface area contributed by atoms with Crippen LogP contribution < -0.4 is 21.3 Å². The summed E-state index contributed by atoms with van der Waals surface area (Å²) in [7, 11) is 0. The van der Waals surface area contributed by atoms with E-state index in [2.05, 4.69) is 21.3 Å². The highest BCUT2D eigenvalue weighted by atomic mass is 16.6. The number of aryl methyl sites for hydroxylation is 2. The molecule has 2 aromatic carbocycles. The Morgan fingerprint density at radius 3 is 1.87 bits per heavy atom. The van der Waals surface area contributed by atoms with Gasteiger partial charge in [-0.2, -0.15) is 0 Å². The number of hydrogen-bond donors (Lipinski definition) is 4. The Labute approximate surface area is 303 Å². The summed E-state index contributed by atoms with van der Waals surface area (Å²) in [5.74, 6) is -0.113. The van der Waals surface area contributed by atoms with Crippen LogP contribution in [0.2, 0.25) is 0 Å². The molecule has 1 aromatic heterocycles. The van der Waals surface area contributed by atoms with Crippen molar-refractivity contribution >= 4 is 52.9 Å². The lowest BCUT2D eigenvalue weighted by Gasteiger charge is -2.36. The monoisotopic (exact) mass is 720 g/mol. The zero-order valence-corrected chi connectivity index (χ0v) is 30.8. The highest BCUT2D eigenvalue weighted by Gasteiger charge is 2.36. The van der Waals surface area contributed by atoms with E-state index >= 15 is 0 Å². The SMILES string of the molecule is CC/C=C\C(=O)COC(=O)Nc1cc(NC(=O)OC(C)(C)C(C)CC(C)(C)OC(=O)Nc2ccc(C)c(NC(=O)OCc3ccco3)c2)ccc1C. The second-order valence-corrected chi connectivity index (χ2v) is 13.3. The summed E-state index contributed by atoms with van der Waals surface area (Å²) in [6.45, 7) is 13.9. The van der Waals surface area contributed by atoms with Crippen LogP contribution in [0, 0.1) is 19.8 Å². The number of hydrogen-bond acceptors (Lipinski definition) is 10. The topological polar surface area (TPSA) is 184 Å². The van der Waals surface area contributed by atoms with Crippen LogP contribution in [0.3, 0.4) is 0 Å². The first-order chi connectivity index (χ1) is 24.5. The molecule has 0 fully saturated rings. The summed E-state index contributed by atoms with van der Waals surface area (Å²) in [6, 6.07) is 13.3. The van der Waals surface area contributed by atoms with Gasteiger partial charge in [0.2, 0.25) is 0 Å². The second-order valence-electron chi connectivity index (χ2n) is 13.3. The maximum atomic E-state index is 12.9. The molecule has 0 aliphatic rings. The van der Waals surface area contributed by atoms with E-state index in [0.717, 1.165) is 5.56 Å². The molecule has 0 radical (unpaired) electrons. The molecular weight excluding hydrogens is 672 g/mol. The lowest BCUT2D eigenvalue weighted by molar-refractivity contribution is -0.117. The fourth-order valence-corrected chi connectivity index (χ4v) is 4.83. The molecule has 3 aromatic rings. The van der Waals surface area contributed by atoms with E-state index in [-0.39, 0.29) is 18.3 Å². The van der Waals surface area contributed by atoms with Crippen molar-refractivity contribution in [2.75, 3.05) is 27.9 Å². The van der Waals surface area contributed by atoms with Gasteiger partial charge in [0.15, 0.2) is 19.0 Å². The zero-order valence-electron chi connectivity index (χ0n) is 30.8. The molecule has 14 nitrogen and oxygen atoms in total. The minimum atomic E-state index is -0.987. The highest BCUT2D eigenvalue weighted by Crippen LogP contribution is 2.32. The van der Waals surface area contributed by atoms with Crippen LogP contribution in [-0.2, 0) is 30.3 Å². The Kier molecular flexibility index (Phi) is 14.4. The number of furan rings is 1. The number of carbonyl (C=O) groups is 5. The first kappa shape index (κ1) is 40.6. The van der Waals surface area contributed by atoms with Gasteiger partial charge in [-0.3, -0.25) is 26.1 Å². The van der Waals surface area contributed by atoms with Gasteiger partial charge in [0, 0.05) is 22.7 Å². The van der Waals surface area contributed by atoms with Crippen molar-refractivity contribution in [1.82, 2.24) is 0 Å². The molecule has 280 valence electrons. The molecule has 4 amide bonds. The average molecular weight is 721 g/mol. The number of amides is 4. The Bertz CT molecular complexity index is 1750. The van der Waals surface area contributed by atoms with Crippen molar-refractivity contribution in [1.29, 1.82) is 0 Å². The molecular formula is C38H48N4O10. The van der Waals surface area contributed by atoms with E-state index in [1.165, 1.54) is 12.3 Å². The van der Waals surface area contributed by atoms with E-state index in [4.69, 9.17) is 23.4 Å². The van der Waals surface area contributed by atoms with E-state index < -0.39 is 42.2 Å². The van der Waals surface area contributed by atoms with Crippen molar-refractivity contribution < 1.29 is 47.3 Å². The van der Waals surface area contributed by atoms with E-state index in [9.17, 15) is 24.0 Å². The summed E-state index contributed by atoms with van der Waals surface area (Å²) >= 11 is 0. The van der Waals surface area contributed by atoms with Crippen LogP contribution in [0.4, 0.5) is 41.9 Å². The van der Waals surface area contributed by atoms with Gasteiger partial charge in [0.1, 0.15) is 17.0 Å². The number of carbonyl (C=O) groups excluding carboxylic acids is 5. The van der Waals surface area contributed by atoms with Gasteiger partial charge in [0.25, 0.3) is 0 Å². The number of anilines is 4. The second kappa shape index (κ2) is 18.4. The average Bonchev–Trinajstić information content (AvgIpc) is 3.58. The van der Waals surface area contributed by atoms with Crippen molar-refractivity contribution in [3.8, 4) is 0 Å². The number of benzene rings is 2. The van der Waals surface area contributed by atoms with Crippen molar-refractivity contribution in [2.24, 2.45) is 5.92 Å². The fourth-order valence-electron chi connectivity index (χ4n) is 4.83. The number of allylic oxidation sites excluding steroid dienone is 1. The van der Waals surface area contributed by atoms with E-state index in [0.29, 0.717) is 46.9 Å². The van der Waals surface area contributed by atoms with Gasteiger partial charge in [0.05, 0.1) is 6.26 Å². The Morgan fingerprint density at radius 1 is 0.769 bits per heavy atom. The third-order valence-corrected chi connectivity index (χ3v) is 7.96. The van der Waals surface area contributed by atoms with Crippen LogP contribution in [-0.4, -0.2) is 48.0 Å². The molecule has 1 atom stereocenters. The van der Waals surface area contributed by atoms with Gasteiger partial charge in [-0.25, -0.2) is 19.2 Å². The molecule has 0 bridgehead atoms. The molecule has 14 heteroatoms. The third-order valence-electron chi connectivity index (χ3n) is 7.96. The van der Waals surface area contributed by atoms with Gasteiger partial charge in [-0.05, 0) is 114 Å². The van der Waals surface area contributed by atoms with Crippen LogP contribution in [0.25, 0.3) is 0 Å². The van der Waals surface area contributed by atoms with Crippen molar-refractivity contribution in [3.05, 3.63) is 83.8 Å². The Balaban J connectivity index is 1.51. The number of nitrogens with one attached hydrogen (secondary N) is 4. The normalized spacial score (nSPS) is 12.0. The molecule has 0 spiro atoms. The number of ketones is 1. The van der Waals surface area contributed by atoms with E-state index in [1.54, 1.807) is 96.1 Å². The summed E-state index contributed by atoms with van der Waals surface area (Å²) in [4.78, 5) is 62.1. The minimum Gasteiger partial charge on any atom is -0.466 e. The minimum absolute atomic E-state index is 0.0314. The maximum Gasteiger partial charge on any atom is 0.412 e. The fraction of sp³-hybridized carbons (Fsp3) is 0.395. The molecule has 1 heterocycles. The molecule has 0 aliphatic heterocycles. The van der Waals surface area contributed by atoms with Crippen LogP contribution in [0.15, 0.2) is 71.4 Å². The predicted molar refractivity (Wildman–Crippen MR) is 196 cm³/mol. The smallest absolute Gasteiger partial charge is 0.412 e. The highest BCUT2D eigenvalue weighted by molar-refractivity contribution is 5.94. The summed E-state index contributed by atoms with van der Waals surface area (Å²) in [6.07, 6.45) is 2.61. The van der Waals surface area contributed by atoms with Crippen molar-refractivity contribution in [2.45, 2.75) is 86.0 Å². The molecule has 3 rings (SSSR count). The predicted octanol–water partition coefficient (Wildman–Crippen LogP) is 9.11. The third kappa shape index (κ3) is 13.5. The lowest BCUT2D eigenvalue weighted by Crippen LogP contribution is -2.42. The molecule has 52 heavy (non-hydrogen) atoms. The summed E-state index contributed by atoms with van der Waals surface area (Å²) < 4.78 is 26.9. The van der Waals surface area contributed by atoms with Gasteiger partial charge >= 0.3 is 24.4 Å². The number of ether oxygens (including phenoxy) is 4. The summed E-state index contributed by atoms with van der Waals surface area (Å²) in [5, 5.41) is 10.6. The van der Waals surface area contributed by atoms with Crippen molar-refractivity contribution in [3.63, 3.8) is 0 Å². The number of rotatable bonds is 15.